The Morgan fingerprint density at radius 2 is 0.450 bits per heavy atom. The molecular weight excluding hydrogens is 829 g/mol. The van der Waals surface area contributed by atoms with E-state index in [1.807, 2.05) is 130 Å². The summed E-state index contributed by atoms with van der Waals surface area (Å²) in [4.78, 5) is 28.9. The quantitative estimate of drug-likeness (QED) is 0.146. The van der Waals surface area contributed by atoms with Gasteiger partial charge in [0.25, 0.3) is 0 Å². The van der Waals surface area contributed by atoms with Gasteiger partial charge < -0.3 is 14.4 Å². The highest BCUT2D eigenvalue weighted by atomic mass is 28.4. The van der Waals surface area contributed by atoms with Gasteiger partial charge >= 0.3 is 0 Å². The fourth-order valence-electron chi connectivity index (χ4n) is 5.35. The van der Waals surface area contributed by atoms with E-state index in [9.17, 15) is 9.59 Å². The molecule has 0 radical (unpaired) electrons. The molecule has 60 heavy (non-hydrogen) atoms. The highest BCUT2D eigenvalue weighted by molar-refractivity contribution is 7.00. The van der Waals surface area contributed by atoms with Crippen LogP contribution in [0, 0.1) is 0 Å². The van der Waals surface area contributed by atoms with E-state index in [1.165, 1.54) is 15.6 Å². The predicted molar refractivity (Wildman–Crippen MR) is 286 cm³/mol. The van der Waals surface area contributed by atoms with Gasteiger partial charge in [-0.25, -0.2) is 0 Å². The third kappa shape index (κ3) is 24.1. The van der Waals surface area contributed by atoms with Crippen LogP contribution in [0.3, 0.4) is 0 Å². The second-order valence-corrected chi connectivity index (χ2v) is 46.7. The van der Waals surface area contributed by atoms with Crippen LogP contribution in [0.4, 0.5) is 0 Å². The second-order valence-electron chi connectivity index (χ2n) is 19.9. The van der Waals surface area contributed by atoms with Gasteiger partial charge in [-0.2, -0.15) is 0 Å². The molecule has 6 rings (SSSR count). The number of hydrogen-bond acceptors (Lipinski definition) is 3. The lowest BCUT2D eigenvalue weighted by Crippen LogP contribution is -2.55. The van der Waals surface area contributed by atoms with E-state index in [2.05, 4.69) is 150 Å². The Morgan fingerprint density at radius 1 is 0.267 bits per heavy atom. The minimum absolute atomic E-state index is 0.611. The van der Waals surface area contributed by atoms with Crippen LogP contribution in [0.1, 0.15) is 0 Å². The first kappa shape index (κ1) is 54.5. The van der Waals surface area contributed by atoms with Crippen molar-refractivity contribution in [2.75, 3.05) is 0 Å². The molecule has 0 bridgehead atoms. The summed E-state index contributed by atoms with van der Waals surface area (Å²) in [5.74, 6) is 0. The molecule has 6 aromatic carbocycles. The van der Waals surface area contributed by atoms with Gasteiger partial charge in [0.15, 0.2) is 8.32 Å². The van der Waals surface area contributed by atoms with Crippen LogP contribution in [-0.4, -0.2) is 63.6 Å². The third-order valence-corrected chi connectivity index (χ3v) is 19.1. The van der Waals surface area contributed by atoms with Gasteiger partial charge in [-0.15, -0.1) is 0 Å². The van der Waals surface area contributed by atoms with Gasteiger partial charge in [-0.1, -0.05) is 256 Å². The minimum Gasteiger partial charge on any atom is -0.433 e. The number of hydrogen-bond donors (Lipinski definition) is 3. The molecule has 0 unspecified atom stereocenters. The van der Waals surface area contributed by atoms with Crippen molar-refractivity contribution in [1.82, 2.24) is 0 Å². The maximum Gasteiger partial charge on any atom is 0.249 e. The highest BCUT2D eigenvalue weighted by Crippen LogP contribution is 2.05. The second kappa shape index (κ2) is 25.4. The zero-order valence-electron chi connectivity index (χ0n) is 39.7. The molecule has 324 valence electrons. The van der Waals surface area contributed by atoms with Crippen LogP contribution >= 0.6 is 0 Å². The van der Waals surface area contributed by atoms with E-state index in [1.54, 1.807) is 0 Å². The summed E-state index contributed by atoms with van der Waals surface area (Å²) >= 11 is 0. The summed E-state index contributed by atoms with van der Waals surface area (Å²) in [7, 11) is -9.20. The Kier molecular flexibility index (Phi) is 23.1. The van der Waals surface area contributed by atoms with Crippen molar-refractivity contribution in [2.45, 2.75) is 98.2 Å². The highest BCUT2D eigenvalue weighted by Gasteiger charge is 2.29. The van der Waals surface area contributed by atoms with Crippen molar-refractivity contribution in [2.24, 2.45) is 0 Å². The first-order chi connectivity index (χ1) is 27.6. The lowest BCUT2D eigenvalue weighted by Gasteiger charge is -2.23. The van der Waals surface area contributed by atoms with E-state index in [0.717, 1.165) is 15.6 Å². The Bertz CT molecular complexity index is 1730. The van der Waals surface area contributed by atoms with Crippen molar-refractivity contribution in [3.8, 4) is 0 Å². The largest absolute Gasteiger partial charge is 0.433 e. The zero-order valence-corrected chi connectivity index (χ0v) is 45.7. The van der Waals surface area contributed by atoms with E-state index >= 15 is 0 Å². The normalized spacial score (nSPS) is 11.5. The fourth-order valence-corrected chi connectivity index (χ4v) is 12.0. The molecular formula is C51H78O3Si6. The molecule has 0 heterocycles. The molecule has 0 amide bonds. The molecule has 0 saturated carbocycles. The molecule has 0 spiro atoms. The van der Waals surface area contributed by atoms with Gasteiger partial charge in [-0.05, 0) is 54.8 Å². The molecule has 6 aromatic rings. The molecule has 0 saturated heterocycles. The summed E-state index contributed by atoms with van der Waals surface area (Å²) in [5.41, 5.74) is 0. The summed E-state index contributed by atoms with van der Waals surface area (Å²) < 4.78 is 0. The summed E-state index contributed by atoms with van der Waals surface area (Å²) in [6, 6.07) is 62.1. The summed E-state index contributed by atoms with van der Waals surface area (Å²) in [6.07, 6.45) is 0. The Balaban J connectivity index is 0.000000377. The van der Waals surface area contributed by atoms with Crippen molar-refractivity contribution < 1.29 is 14.4 Å². The van der Waals surface area contributed by atoms with Crippen LogP contribution in [0.15, 0.2) is 182 Å². The van der Waals surface area contributed by atoms with Crippen LogP contribution in [0.2, 0.25) is 98.2 Å². The monoisotopic (exact) mass is 906 g/mol. The lowest BCUT2D eigenvalue weighted by molar-refractivity contribution is 0.560. The van der Waals surface area contributed by atoms with Crippen molar-refractivity contribution in [3.63, 3.8) is 0 Å². The SMILES string of the molecule is C[Si](C)(C)C.C[Si](C)(C)O.C[Si](C)(C)c1ccccc1.C[Si](C)(O)c1ccccc1.C[Si](C)(c1ccccc1)c1ccccc1.C[Si](O)(c1ccccc1)c1ccccc1. The molecule has 9 heteroatoms. The first-order valence-corrected chi connectivity index (χ1v) is 40.5. The molecule has 0 fully saturated rings. The molecule has 3 N–H and O–H groups in total. The third-order valence-electron chi connectivity index (χ3n) is 8.78. The van der Waals surface area contributed by atoms with Gasteiger partial charge in [0.05, 0.1) is 8.07 Å². The standard InChI is InChI=1S/C14H16Si.C13H14OSi.C9H14Si.C8H12OSi.C4H12Si.C3H10OSi/c1-15(2,13-9-5-3-6-10-13)14-11-7-4-8-12-14;1-15(14,12-8-4-2-5-9-12)13-10-6-3-7-11-13;1-10(2,3)9-7-5-4-6-8-9;1-10(2,9)8-6-4-3-5-7-8;2*1-5(2,3)4/h3-12H,1-2H3;2-11,14H,1H3;4-8H,1-3H3;3-7,9H,1-2H3;1-4H3;4H,1-3H3. The van der Waals surface area contributed by atoms with Crippen LogP contribution in [0.5, 0.6) is 0 Å². The molecule has 0 aliphatic carbocycles. The number of benzene rings is 6. The van der Waals surface area contributed by atoms with Crippen LogP contribution in [-0.2, 0) is 0 Å². The van der Waals surface area contributed by atoms with Crippen molar-refractivity contribution >= 4 is 80.3 Å². The molecule has 0 atom stereocenters. The average molecular weight is 908 g/mol. The van der Waals surface area contributed by atoms with Gasteiger partial charge in [0.1, 0.15) is 8.07 Å². The van der Waals surface area contributed by atoms with Gasteiger partial charge in [0.2, 0.25) is 16.6 Å². The van der Waals surface area contributed by atoms with E-state index in [4.69, 9.17) is 4.80 Å². The zero-order chi connectivity index (χ0) is 45.7. The number of rotatable bonds is 6. The van der Waals surface area contributed by atoms with E-state index < -0.39 is 49.2 Å². The predicted octanol–water partition coefficient (Wildman–Crippen LogP) is 9.97. The maximum absolute atomic E-state index is 10.6. The lowest BCUT2D eigenvalue weighted by atomic mass is 10.4. The van der Waals surface area contributed by atoms with Gasteiger partial charge in [0, 0.05) is 8.07 Å². The van der Waals surface area contributed by atoms with Crippen molar-refractivity contribution in [1.29, 1.82) is 0 Å². The van der Waals surface area contributed by atoms with E-state index in [-0.39, 0.29) is 0 Å². The summed E-state index contributed by atoms with van der Waals surface area (Å²) in [6.45, 7) is 32.6. The van der Waals surface area contributed by atoms with Crippen LogP contribution < -0.4 is 31.1 Å². The van der Waals surface area contributed by atoms with Crippen LogP contribution in [0.25, 0.3) is 0 Å². The Morgan fingerprint density at radius 3 is 0.617 bits per heavy atom. The smallest absolute Gasteiger partial charge is 0.249 e. The Hall–Kier alpha value is -3.50. The molecule has 0 aromatic heterocycles. The summed E-state index contributed by atoms with van der Waals surface area (Å²) in [5, 5.41) is 7.73. The van der Waals surface area contributed by atoms with Gasteiger partial charge in [-0.3, -0.25) is 0 Å². The first-order valence-electron chi connectivity index (χ1n) is 21.1. The molecule has 0 aliphatic heterocycles. The minimum atomic E-state index is -2.46. The van der Waals surface area contributed by atoms with E-state index in [0.29, 0.717) is 0 Å². The fraction of sp³-hybridized carbons (Fsp3) is 0.294. The maximum atomic E-state index is 10.6. The Labute approximate surface area is 372 Å². The molecule has 3 nitrogen and oxygen atoms in total. The average Bonchev–Trinajstić information content (AvgIpc) is 3.19. The molecule has 0 aliphatic rings. The van der Waals surface area contributed by atoms with Crippen molar-refractivity contribution in [3.05, 3.63) is 182 Å². The topological polar surface area (TPSA) is 60.7 Å².